The maximum atomic E-state index is 12.9. The Bertz CT molecular complexity index is 1000. The van der Waals surface area contributed by atoms with Crippen LogP contribution in [0.2, 0.25) is 0 Å². The molecule has 2 aromatic carbocycles. The lowest BCUT2D eigenvalue weighted by molar-refractivity contribution is 0.103. The molecule has 0 saturated heterocycles. The molecule has 0 aliphatic heterocycles. The van der Waals surface area contributed by atoms with Crippen LogP contribution in [0.5, 0.6) is 17.2 Å². The highest BCUT2D eigenvalue weighted by Crippen LogP contribution is 2.30. The van der Waals surface area contributed by atoms with E-state index in [1.165, 1.54) is 7.11 Å². The van der Waals surface area contributed by atoms with Crippen LogP contribution in [0.3, 0.4) is 0 Å². The molecule has 144 valence electrons. The number of aromatic hydroxyl groups is 1. The van der Waals surface area contributed by atoms with Crippen LogP contribution in [-0.4, -0.2) is 29.7 Å². The van der Waals surface area contributed by atoms with Crippen molar-refractivity contribution in [3.8, 4) is 17.2 Å². The molecule has 0 aliphatic rings. The number of allylic oxidation sites excluding steroid dienone is 1. The molecule has 0 atom stereocenters. The van der Waals surface area contributed by atoms with Crippen molar-refractivity contribution in [2.45, 2.75) is 13.5 Å². The number of phenols is 1. The molecule has 0 radical (unpaired) electrons. The van der Waals surface area contributed by atoms with Gasteiger partial charge in [-0.05, 0) is 48.9 Å². The molecule has 0 saturated carbocycles. The number of phenolic OH excluding ortho intramolecular Hbond substituents is 1. The highest BCUT2D eigenvalue weighted by atomic mass is 16.5. The lowest BCUT2D eigenvalue weighted by atomic mass is 10.1. The second-order valence-electron chi connectivity index (χ2n) is 6.41. The molecule has 3 rings (SSSR count). The largest absolute Gasteiger partial charge is 0.504 e. The fourth-order valence-electron chi connectivity index (χ4n) is 3.08. The molecule has 0 unspecified atom stereocenters. The molecule has 0 spiro atoms. The standard InChI is InChI=1S/C23H23NO4/c1-16-14-20(22(26)17-9-11-19(27-2)12-10-17)24(15-16)13-5-7-18-6-4-8-21(25)23(18)28-3/h4-12,14-15,25H,13H2,1-3H3. The molecule has 28 heavy (non-hydrogen) atoms. The number of methoxy groups -OCH3 is 2. The summed E-state index contributed by atoms with van der Waals surface area (Å²) in [5, 5.41) is 9.87. The molecular formula is C23H23NO4. The number of ether oxygens (including phenoxy) is 2. The SMILES string of the molecule is COc1ccc(C(=O)c2cc(C)cn2CC=Cc2cccc(O)c2OC)cc1. The van der Waals surface area contributed by atoms with Gasteiger partial charge in [-0.2, -0.15) is 0 Å². The first-order valence-corrected chi connectivity index (χ1v) is 8.91. The third kappa shape index (κ3) is 4.09. The number of benzene rings is 2. The van der Waals surface area contributed by atoms with Crippen molar-refractivity contribution in [1.29, 1.82) is 0 Å². The first kappa shape index (κ1) is 19.3. The van der Waals surface area contributed by atoms with Crippen LogP contribution in [0.15, 0.2) is 60.8 Å². The summed E-state index contributed by atoms with van der Waals surface area (Å²) in [6.45, 7) is 2.48. The first-order chi connectivity index (χ1) is 13.5. The van der Waals surface area contributed by atoms with Gasteiger partial charge in [0.1, 0.15) is 5.75 Å². The van der Waals surface area contributed by atoms with Gasteiger partial charge in [0.25, 0.3) is 0 Å². The molecule has 0 amide bonds. The first-order valence-electron chi connectivity index (χ1n) is 8.91. The van der Waals surface area contributed by atoms with E-state index in [1.807, 2.05) is 42.0 Å². The number of aryl methyl sites for hydroxylation is 1. The van der Waals surface area contributed by atoms with Crippen LogP contribution in [0.1, 0.15) is 27.2 Å². The molecule has 0 aliphatic carbocycles. The van der Waals surface area contributed by atoms with E-state index in [4.69, 9.17) is 9.47 Å². The summed E-state index contributed by atoms with van der Waals surface area (Å²) in [6, 6.07) is 14.2. The molecule has 3 aromatic rings. The van der Waals surface area contributed by atoms with Gasteiger partial charge in [0.05, 0.1) is 19.9 Å². The number of ketones is 1. The zero-order valence-corrected chi connectivity index (χ0v) is 16.2. The van der Waals surface area contributed by atoms with Crippen molar-refractivity contribution in [3.63, 3.8) is 0 Å². The van der Waals surface area contributed by atoms with E-state index >= 15 is 0 Å². The van der Waals surface area contributed by atoms with Gasteiger partial charge in [-0.15, -0.1) is 0 Å². The summed E-state index contributed by atoms with van der Waals surface area (Å²) in [6.07, 6.45) is 5.75. The van der Waals surface area contributed by atoms with E-state index in [0.717, 1.165) is 11.1 Å². The van der Waals surface area contributed by atoms with Crippen molar-refractivity contribution in [3.05, 3.63) is 83.2 Å². The van der Waals surface area contributed by atoms with Gasteiger partial charge in [0, 0.05) is 23.9 Å². The van der Waals surface area contributed by atoms with E-state index < -0.39 is 0 Å². The van der Waals surface area contributed by atoms with Gasteiger partial charge >= 0.3 is 0 Å². The average Bonchev–Trinajstić information content (AvgIpc) is 3.08. The molecule has 5 nitrogen and oxygen atoms in total. The minimum absolute atomic E-state index is 0.0425. The predicted molar refractivity (Wildman–Crippen MR) is 109 cm³/mol. The van der Waals surface area contributed by atoms with Gasteiger partial charge in [0.2, 0.25) is 5.78 Å². The quantitative estimate of drug-likeness (QED) is 0.618. The minimum atomic E-state index is -0.0425. The molecule has 1 aromatic heterocycles. The topological polar surface area (TPSA) is 60.7 Å². The smallest absolute Gasteiger partial charge is 0.209 e. The maximum absolute atomic E-state index is 12.9. The van der Waals surface area contributed by atoms with E-state index in [0.29, 0.717) is 29.3 Å². The second-order valence-corrected chi connectivity index (χ2v) is 6.41. The predicted octanol–water partition coefficient (Wildman–Crippen LogP) is 4.46. The zero-order valence-electron chi connectivity index (χ0n) is 16.2. The van der Waals surface area contributed by atoms with E-state index in [2.05, 4.69) is 0 Å². The van der Waals surface area contributed by atoms with Crippen molar-refractivity contribution >= 4 is 11.9 Å². The van der Waals surface area contributed by atoms with Crippen LogP contribution >= 0.6 is 0 Å². The summed E-state index contributed by atoms with van der Waals surface area (Å²) in [5.74, 6) is 1.19. The van der Waals surface area contributed by atoms with E-state index in [1.54, 1.807) is 43.5 Å². The average molecular weight is 377 g/mol. The normalized spacial score (nSPS) is 11.0. The van der Waals surface area contributed by atoms with Crippen LogP contribution in [-0.2, 0) is 6.54 Å². The van der Waals surface area contributed by atoms with Crippen molar-refractivity contribution in [2.75, 3.05) is 14.2 Å². The Morgan fingerprint density at radius 2 is 1.86 bits per heavy atom. The number of carbonyl (C=O) groups is 1. The van der Waals surface area contributed by atoms with Crippen molar-refractivity contribution in [2.24, 2.45) is 0 Å². The molecule has 1 heterocycles. The number of aromatic nitrogens is 1. The number of hydrogen-bond acceptors (Lipinski definition) is 4. The van der Waals surface area contributed by atoms with Crippen molar-refractivity contribution < 1.29 is 19.4 Å². The molecule has 0 bridgehead atoms. The molecular weight excluding hydrogens is 354 g/mol. The maximum Gasteiger partial charge on any atom is 0.209 e. The van der Waals surface area contributed by atoms with Gasteiger partial charge < -0.3 is 19.1 Å². The minimum Gasteiger partial charge on any atom is -0.504 e. The summed E-state index contributed by atoms with van der Waals surface area (Å²) in [4.78, 5) is 12.9. The highest BCUT2D eigenvalue weighted by molar-refractivity contribution is 6.08. The molecule has 5 heteroatoms. The van der Waals surface area contributed by atoms with E-state index in [9.17, 15) is 9.90 Å². The Labute approximate surface area is 164 Å². The summed E-state index contributed by atoms with van der Waals surface area (Å²) < 4.78 is 12.3. The molecule has 0 fully saturated rings. The monoisotopic (exact) mass is 377 g/mol. The van der Waals surface area contributed by atoms with Gasteiger partial charge in [-0.25, -0.2) is 0 Å². The van der Waals surface area contributed by atoms with Crippen LogP contribution < -0.4 is 9.47 Å². The van der Waals surface area contributed by atoms with Gasteiger partial charge in [-0.1, -0.05) is 24.3 Å². The Morgan fingerprint density at radius 1 is 1.11 bits per heavy atom. The number of rotatable bonds is 7. The Morgan fingerprint density at radius 3 is 2.54 bits per heavy atom. The number of carbonyl (C=O) groups excluding carboxylic acids is 1. The lowest BCUT2D eigenvalue weighted by Gasteiger charge is -2.08. The Kier molecular flexibility index (Phi) is 5.84. The highest BCUT2D eigenvalue weighted by Gasteiger charge is 2.14. The van der Waals surface area contributed by atoms with Crippen LogP contribution in [0, 0.1) is 6.92 Å². The second kappa shape index (κ2) is 8.48. The molecule has 1 N–H and O–H groups in total. The number of nitrogens with zero attached hydrogens (tertiary/aromatic N) is 1. The summed E-state index contributed by atoms with van der Waals surface area (Å²) in [5.41, 5.74) is 3.02. The van der Waals surface area contributed by atoms with E-state index in [-0.39, 0.29) is 11.5 Å². The van der Waals surface area contributed by atoms with Gasteiger partial charge in [-0.3, -0.25) is 4.79 Å². The van der Waals surface area contributed by atoms with Crippen LogP contribution in [0.4, 0.5) is 0 Å². The summed E-state index contributed by atoms with van der Waals surface area (Å²) >= 11 is 0. The fourth-order valence-corrected chi connectivity index (χ4v) is 3.08. The summed E-state index contributed by atoms with van der Waals surface area (Å²) in [7, 11) is 3.12. The van der Waals surface area contributed by atoms with Gasteiger partial charge in [0.15, 0.2) is 11.5 Å². The van der Waals surface area contributed by atoms with Crippen molar-refractivity contribution in [1.82, 2.24) is 4.57 Å². The Balaban J connectivity index is 1.82. The Hall–Kier alpha value is -3.47. The van der Waals surface area contributed by atoms with Crippen LogP contribution in [0.25, 0.3) is 6.08 Å². The third-order valence-electron chi connectivity index (χ3n) is 4.45. The lowest BCUT2D eigenvalue weighted by Crippen LogP contribution is -2.09. The number of hydrogen-bond donors (Lipinski definition) is 1. The zero-order chi connectivity index (χ0) is 20.1. The number of para-hydroxylation sites is 1. The third-order valence-corrected chi connectivity index (χ3v) is 4.45. The fraction of sp³-hybridized carbons (Fsp3) is 0.174.